The van der Waals surface area contributed by atoms with Gasteiger partial charge in [0.15, 0.2) is 5.78 Å². The highest BCUT2D eigenvalue weighted by atomic mass is 16.6. The monoisotopic (exact) mass is 307 g/mol. The number of hydrogen-bond donors (Lipinski definition) is 1. The maximum atomic E-state index is 12.0. The summed E-state index contributed by atoms with van der Waals surface area (Å²) in [4.78, 5) is 23.6. The average Bonchev–Trinajstić information content (AvgIpc) is 2.46. The number of rotatable bonds is 7. The Morgan fingerprint density at radius 1 is 1.18 bits per heavy atom. The molecule has 0 aliphatic rings. The Labute approximate surface area is 132 Å². The molecule has 1 rings (SSSR count). The van der Waals surface area contributed by atoms with Crippen molar-refractivity contribution in [2.45, 2.75) is 45.3 Å². The van der Waals surface area contributed by atoms with Crippen molar-refractivity contribution in [1.29, 1.82) is 0 Å². The molecule has 122 valence electrons. The lowest BCUT2D eigenvalue weighted by Crippen LogP contribution is -2.37. The summed E-state index contributed by atoms with van der Waals surface area (Å²) in [5, 5.41) is 2.66. The van der Waals surface area contributed by atoms with Crippen LogP contribution in [0.4, 0.5) is 4.79 Å². The van der Waals surface area contributed by atoms with E-state index in [4.69, 9.17) is 9.47 Å². The fourth-order valence-corrected chi connectivity index (χ4v) is 1.88. The summed E-state index contributed by atoms with van der Waals surface area (Å²) in [5.41, 5.74) is 0.160. The second-order valence-electron chi connectivity index (χ2n) is 6.07. The van der Waals surface area contributed by atoms with Crippen LogP contribution in [0.3, 0.4) is 0 Å². The van der Waals surface area contributed by atoms with Crippen LogP contribution in [0.25, 0.3) is 0 Å². The number of amides is 1. The summed E-state index contributed by atoms with van der Waals surface area (Å²) in [7, 11) is 1.56. The molecule has 1 atom stereocenters. The van der Waals surface area contributed by atoms with E-state index < -0.39 is 11.7 Å². The highest BCUT2D eigenvalue weighted by molar-refractivity contribution is 5.95. The standard InChI is InChI=1S/C17H25NO4/c1-17(2,3)22-16(20)18-12-14(21-4)10-11-15(19)13-8-6-5-7-9-13/h5-9,14H,10-12H2,1-4H3,(H,18,20). The molecule has 5 nitrogen and oxygen atoms in total. The Hall–Kier alpha value is -1.88. The summed E-state index contributed by atoms with van der Waals surface area (Å²) in [6, 6.07) is 9.14. The first-order chi connectivity index (χ1) is 10.3. The van der Waals surface area contributed by atoms with E-state index >= 15 is 0 Å². The van der Waals surface area contributed by atoms with Crippen molar-refractivity contribution in [3.05, 3.63) is 35.9 Å². The van der Waals surface area contributed by atoms with Crippen molar-refractivity contribution in [3.63, 3.8) is 0 Å². The van der Waals surface area contributed by atoms with E-state index in [2.05, 4.69) is 5.32 Å². The highest BCUT2D eigenvalue weighted by Gasteiger charge is 2.18. The fraction of sp³-hybridized carbons (Fsp3) is 0.529. The van der Waals surface area contributed by atoms with Gasteiger partial charge in [-0.1, -0.05) is 30.3 Å². The van der Waals surface area contributed by atoms with E-state index in [1.807, 2.05) is 18.2 Å². The number of nitrogens with one attached hydrogen (secondary N) is 1. The Balaban J connectivity index is 2.36. The molecular weight excluding hydrogens is 282 g/mol. The van der Waals surface area contributed by atoms with Crippen molar-refractivity contribution in [2.24, 2.45) is 0 Å². The molecule has 5 heteroatoms. The number of alkyl carbamates (subject to hydrolysis) is 1. The van der Waals surface area contributed by atoms with Gasteiger partial charge < -0.3 is 14.8 Å². The molecule has 0 radical (unpaired) electrons. The SMILES string of the molecule is COC(CCC(=O)c1ccccc1)CNC(=O)OC(C)(C)C. The van der Waals surface area contributed by atoms with Gasteiger partial charge in [-0.3, -0.25) is 4.79 Å². The van der Waals surface area contributed by atoms with Crippen LogP contribution in [0, 0.1) is 0 Å². The summed E-state index contributed by atoms with van der Waals surface area (Å²) in [6.07, 6.45) is 0.211. The third kappa shape index (κ3) is 7.22. The topological polar surface area (TPSA) is 64.6 Å². The van der Waals surface area contributed by atoms with Gasteiger partial charge in [0.05, 0.1) is 6.10 Å². The smallest absolute Gasteiger partial charge is 0.407 e. The van der Waals surface area contributed by atoms with Crippen LogP contribution in [0.15, 0.2) is 30.3 Å². The fourth-order valence-electron chi connectivity index (χ4n) is 1.88. The largest absolute Gasteiger partial charge is 0.444 e. The highest BCUT2D eigenvalue weighted by Crippen LogP contribution is 2.09. The molecule has 0 heterocycles. The van der Waals surface area contributed by atoms with Crippen molar-refractivity contribution in [2.75, 3.05) is 13.7 Å². The first kappa shape index (κ1) is 18.2. The summed E-state index contributed by atoms with van der Waals surface area (Å²) >= 11 is 0. The van der Waals surface area contributed by atoms with Crippen LogP contribution in [-0.2, 0) is 9.47 Å². The molecule has 0 aliphatic heterocycles. The first-order valence-corrected chi connectivity index (χ1v) is 7.39. The predicted octanol–water partition coefficient (Wildman–Crippen LogP) is 3.19. The molecule has 0 spiro atoms. The Morgan fingerprint density at radius 2 is 1.82 bits per heavy atom. The Bertz CT molecular complexity index is 479. The molecular formula is C17H25NO4. The minimum absolute atomic E-state index is 0.0694. The van der Waals surface area contributed by atoms with Gasteiger partial charge in [0.25, 0.3) is 0 Å². The molecule has 1 aromatic rings. The number of ether oxygens (including phenoxy) is 2. The number of carbonyl (C=O) groups is 2. The molecule has 0 saturated heterocycles. The predicted molar refractivity (Wildman–Crippen MR) is 85.0 cm³/mol. The van der Waals surface area contributed by atoms with Crippen molar-refractivity contribution < 1.29 is 19.1 Å². The maximum Gasteiger partial charge on any atom is 0.407 e. The van der Waals surface area contributed by atoms with Crippen LogP contribution >= 0.6 is 0 Å². The zero-order chi connectivity index (χ0) is 16.6. The van der Waals surface area contributed by atoms with Crippen molar-refractivity contribution >= 4 is 11.9 Å². The van der Waals surface area contributed by atoms with E-state index in [1.165, 1.54) is 0 Å². The number of methoxy groups -OCH3 is 1. The lowest BCUT2D eigenvalue weighted by atomic mass is 10.0. The minimum atomic E-state index is -0.532. The number of Topliss-reactive ketones (excluding diaryl/α,β-unsaturated/α-hetero) is 1. The van der Waals surface area contributed by atoms with Crippen molar-refractivity contribution in [1.82, 2.24) is 5.32 Å². The van der Waals surface area contributed by atoms with E-state index in [0.29, 0.717) is 24.9 Å². The normalized spacial score (nSPS) is 12.5. The van der Waals surface area contributed by atoms with Crippen molar-refractivity contribution in [3.8, 4) is 0 Å². The third-order valence-corrected chi connectivity index (χ3v) is 3.00. The molecule has 1 unspecified atom stereocenters. The van der Waals surface area contributed by atoms with Gasteiger partial charge in [0.1, 0.15) is 5.60 Å². The lowest BCUT2D eigenvalue weighted by Gasteiger charge is -2.21. The molecule has 0 aliphatic carbocycles. The van der Waals surface area contributed by atoms with Gasteiger partial charge in [-0.05, 0) is 27.2 Å². The van der Waals surface area contributed by atoms with Crippen LogP contribution in [0.2, 0.25) is 0 Å². The van der Waals surface area contributed by atoms with Gasteiger partial charge in [0.2, 0.25) is 0 Å². The van der Waals surface area contributed by atoms with Gasteiger partial charge in [0, 0.05) is 25.6 Å². The summed E-state index contributed by atoms with van der Waals surface area (Å²) < 4.78 is 10.4. The lowest BCUT2D eigenvalue weighted by molar-refractivity contribution is 0.0445. The number of ketones is 1. The zero-order valence-corrected chi connectivity index (χ0v) is 13.7. The average molecular weight is 307 g/mol. The summed E-state index contributed by atoms with van der Waals surface area (Å²) in [5.74, 6) is 0.0694. The van der Waals surface area contributed by atoms with Crippen LogP contribution < -0.4 is 5.32 Å². The maximum absolute atomic E-state index is 12.0. The second-order valence-corrected chi connectivity index (χ2v) is 6.07. The molecule has 1 N–H and O–H groups in total. The number of hydrogen-bond acceptors (Lipinski definition) is 4. The number of benzene rings is 1. The zero-order valence-electron chi connectivity index (χ0n) is 13.7. The molecule has 0 saturated carbocycles. The van der Waals surface area contributed by atoms with Crippen LogP contribution in [-0.4, -0.2) is 37.2 Å². The van der Waals surface area contributed by atoms with E-state index in [-0.39, 0.29) is 11.9 Å². The van der Waals surface area contributed by atoms with Gasteiger partial charge in [-0.25, -0.2) is 4.79 Å². The van der Waals surface area contributed by atoms with E-state index in [0.717, 1.165) is 0 Å². The second kappa shape index (κ2) is 8.54. The molecule has 0 bridgehead atoms. The minimum Gasteiger partial charge on any atom is -0.444 e. The van der Waals surface area contributed by atoms with Gasteiger partial charge in [-0.15, -0.1) is 0 Å². The molecule has 22 heavy (non-hydrogen) atoms. The van der Waals surface area contributed by atoms with E-state index in [9.17, 15) is 9.59 Å². The molecule has 0 fully saturated rings. The quantitative estimate of drug-likeness (QED) is 0.786. The Morgan fingerprint density at radius 3 is 2.36 bits per heavy atom. The third-order valence-electron chi connectivity index (χ3n) is 3.00. The van der Waals surface area contributed by atoms with Crippen LogP contribution in [0.1, 0.15) is 44.0 Å². The molecule has 1 amide bonds. The first-order valence-electron chi connectivity index (χ1n) is 7.39. The van der Waals surface area contributed by atoms with E-state index in [1.54, 1.807) is 40.0 Å². The van der Waals surface area contributed by atoms with Crippen LogP contribution in [0.5, 0.6) is 0 Å². The van der Waals surface area contributed by atoms with Gasteiger partial charge >= 0.3 is 6.09 Å². The molecule has 0 aromatic heterocycles. The Kier molecular flexibility index (Phi) is 7.05. The van der Waals surface area contributed by atoms with Gasteiger partial charge in [-0.2, -0.15) is 0 Å². The molecule has 1 aromatic carbocycles. The summed E-state index contributed by atoms with van der Waals surface area (Å²) in [6.45, 7) is 5.73. The number of carbonyl (C=O) groups excluding carboxylic acids is 2.